The number of pyridine rings is 1. The van der Waals surface area contributed by atoms with Gasteiger partial charge in [-0.2, -0.15) is 13.2 Å². The van der Waals surface area contributed by atoms with Crippen LogP contribution >= 0.6 is 11.3 Å². The predicted octanol–water partition coefficient (Wildman–Crippen LogP) is 3.32. The summed E-state index contributed by atoms with van der Waals surface area (Å²) in [4.78, 5) is 16.6. The number of aromatic nitrogens is 1. The first kappa shape index (κ1) is 19.8. The van der Waals surface area contributed by atoms with Crippen molar-refractivity contribution in [3.63, 3.8) is 0 Å². The van der Waals surface area contributed by atoms with Crippen LogP contribution in [-0.2, 0) is 6.18 Å². The molecule has 1 amide bonds. The van der Waals surface area contributed by atoms with Crippen LogP contribution in [-0.4, -0.2) is 39.4 Å². The first-order valence-corrected chi connectivity index (χ1v) is 9.74. The zero-order chi connectivity index (χ0) is 20.8. The van der Waals surface area contributed by atoms with Crippen molar-refractivity contribution >= 4 is 27.3 Å². The van der Waals surface area contributed by atoms with Crippen molar-refractivity contribution in [2.45, 2.75) is 36.8 Å². The van der Waals surface area contributed by atoms with Gasteiger partial charge in [-0.05, 0) is 35.6 Å². The van der Waals surface area contributed by atoms with Gasteiger partial charge in [0.15, 0.2) is 0 Å². The number of hydrogen-bond donors (Lipinski definition) is 3. The molecular weight excluding hydrogens is 405 g/mol. The maximum Gasteiger partial charge on any atom is 0.433 e. The first-order valence-electron chi connectivity index (χ1n) is 8.93. The minimum Gasteiger partial charge on any atom is -0.390 e. The summed E-state index contributed by atoms with van der Waals surface area (Å²) >= 11 is 1.30. The summed E-state index contributed by atoms with van der Waals surface area (Å²) in [6.45, 7) is 0. The van der Waals surface area contributed by atoms with Crippen LogP contribution < -0.4 is 5.32 Å². The lowest BCUT2D eigenvalue weighted by Crippen LogP contribution is -2.45. The van der Waals surface area contributed by atoms with Gasteiger partial charge in [-0.3, -0.25) is 9.78 Å². The molecule has 0 radical (unpaired) electrons. The largest absolute Gasteiger partial charge is 0.433 e. The minimum absolute atomic E-state index is 0.103. The lowest BCUT2D eigenvalue weighted by Gasteiger charge is -2.23. The summed E-state index contributed by atoms with van der Waals surface area (Å²) in [5, 5.41) is 24.1. The van der Waals surface area contributed by atoms with Crippen molar-refractivity contribution in [1.29, 1.82) is 0 Å². The zero-order valence-corrected chi connectivity index (χ0v) is 15.7. The van der Waals surface area contributed by atoms with E-state index in [1.807, 2.05) is 24.3 Å². The molecule has 4 rings (SSSR count). The molecule has 29 heavy (non-hydrogen) atoms. The summed E-state index contributed by atoms with van der Waals surface area (Å²) in [6.07, 6.45) is -5.71. The Kier molecular flexibility index (Phi) is 5.05. The molecular formula is C20H17F3N2O3S. The molecule has 1 aromatic carbocycles. The molecule has 0 bridgehead atoms. The summed E-state index contributed by atoms with van der Waals surface area (Å²) < 4.78 is 39.2. The number of benzene rings is 1. The van der Waals surface area contributed by atoms with Crippen molar-refractivity contribution < 1.29 is 28.2 Å². The molecule has 0 aliphatic heterocycles. The predicted molar refractivity (Wildman–Crippen MR) is 102 cm³/mol. The molecule has 0 saturated heterocycles. The lowest BCUT2D eigenvalue weighted by molar-refractivity contribution is -0.141. The van der Waals surface area contributed by atoms with Crippen LogP contribution in [0.2, 0.25) is 0 Å². The second kappa shape index (κ2) is 7.40. The Morgan fingerprint density at radius 3 is 2.59 bits per heavy atom. The number of aliphatic hydroxyl groups is 2. The van der Waals surface area contributed by atoms with Crippen LogP contribution in [0.5, 0.6) is 0 Å². The van der Waals surface area contributed by atoms with Crippen LogP contribution in [0.1, 0.15) is 33.3 Å². The molecule has 0 spiro atoms. The molecule has 0 unspecified atom stereocenters. The number of rotatable bonds is 3. The second-order valence-electron chi connectivity index (χ2n) is 7.02. The number of carbonyl (C=O) groups is 1. The van der Waals surface area contributed by atoms with E-state index in [-0.39, 0.29) is 6.42 Å². The molecule has 9 heteroatoms. The van der Waals surface area contributed by atoms with E-state index in [0.29, 0.717) is 10.4 Å². The highest BCUT2D eigenvalue weighted by Gasteiger charge is 2.44. The number of fused-ring (bicyclic) bond motifs is 1. The average Bonchev–Trinajstić information content (AvgIpc) is 3.24. The fourth-order valence-electron chi connectivity index (χ4n) is 3.66. The van der Waals surface area contributed by atoms with Gasteiger partial charge in [0.05, 0.1) is 17.0 Å². The third-order valence-electron chi connectivity index (χ3n) is 5.14. The first-order chi connectivity index (χ1) is 13.7. The maximum absolute atomic E-state index is 12.7. The number of alkyl halides is 3. The Morgan fingerprint density at radius 1 is 1.17 bits per heavy atom. The van der Waals surface area contributed by atoms with Crippen LogP contribution in [0.4, 0.5) is 13.2 Å². The molecule has 2 heterocycles. The molecule has 1 aliphatic rings. The number of nitrogens with zero attached hydrogens (tertiary/aromatic N) is 1. The quantitative estimate of drug-likeness (QED) is 0.605. The zero-order valence-electron chi connectivity index (χ0n) is 14.9. The second-order valence-corrected chi connectivity index (χ2v) is 8.11. The molecule has 3 aromatic rings. The van der Waals surface area contributed by atoms with E-state index in [9.17, 15) is 28.2 Å². The van der Waals surface area contributed by atoms with Crippen LogP contribution in [0, 0.1) is 0 Å². The van der Waals surface area contributed by atoms with Crippen LogP contribution in [0.25, 0.3) is 10.1 Å². The normalized spacial score (nSPS) is 24.7. The molecule has 3 N–H and O–H groups in total. The molecule has 1 saturated carbocycles. The average molecular weight is 422 g/mol. The fraction of sp³-hybridized carbons (Fsp3) is 0.300. The van der Waals surface area contributed by atoms with Crippen LogP contribution in [0.3, 0.4) is 0 Å². The van der Waals surface area contributed by atoms with Crippen molar-refractivity contribution in [2.24, 2.45) is 0 Å². The van der Waals surface area contributed by atoms with E-state index >= 15 is 0 Å². The summed E-state index contributed by atoms with van der Waals surface area (Å²) in [7, 11) is 0. The number of hydrogen-bond acceptors (Lipinski definition) is 5. The topological polar surface area (TPSA) is 82.5 Å². The SMILES string of the molecule is O=C(N[C@H]1[C@H](O)[C@H](O)C[C@@H]1c1ccc(C(F)(F)F)nc1)c1cc2ccccc2s1. The van der Waals surface area contributed by atoms with Crippen molar-refractivity contribution in [1.82, 2.24) is 10.3 Å². The third kappa shape index (κ3) is 3.85. The summed E-state index contributed by atoms with van der Waals surface area (Å²) in [5.74, 6) is -0.970. The third-order valence-corrected chi connectivity index (χ3v) is 6.26. The van der Waals surface area contributed by atoms with E-state index in [0.717, 1.165) is 22.3 Å². The van der Waals surface area contributed by atoms with Crippen molar-refractivity contribution in [3.8, 4) is 0 Å². The highest BCUT2D eigenvalue weighted by molar-refractivity contribution is 7.20. The monoisotopic (exact) mass is 422 g/mol. The van der Waals surface area contributed by atoms with Gasteiger partial charge < -0.3 is 15.5 Å². The molecule has 1 fully saturated rings. The standard InChI is InChI=1S/C20H17F3N2O3S/c21-20(22,23)16-6-5-11(9-24-16)12-8-13(26)18(27)17(12)25-19(28)15-7-10-3-1-2-4-14(10)29-15/h1-7,9,12-13,17-18,26-27H,8H2,(H,25,28)/t12-,13-,17-,18-/m1/s1. The van der Waals surface area contributed by atoms with E-state index in [2.05, 4.69) is 10.3 Å². The van der Waals surface area contributed by atoms with Gasteiger partial charge in [0.25, 0.3) is 5.91 Å². The van der Waals surface area contributed by atoms with Gasteiger partial charge in [-0.25, -0.2) is 0 Å². The van der Waals surface area contributed by atoms with E-state index in [4.69, 9.17) is 0 Å². The Hall–Kier alpha value is -2.49. The Morgan fingerprint density at radius 2 is 1.93 bits per heavy atom. The number of halogens is 3. The molecule has 4 atom stereocenters. The van der Waals surface area contributed by atoms with Gasteiger partial charge in [-0.15, -0.1) is 11.3 Å². The Bertz CT molecular complexity index is 1000. The highest BCUT2D eigenvalue weighted by Crippen LogP contribution is 2.37. The highest BCUT2D eigenvalue weighted by atomic mass is 32.1. The van der Waals surface area contributed by atoms with E-state index < -0.39 is 41.9 Å². The number of thiophene rings is 1. The smallest absolute Gasteiger partial charge is 0.390 e. The Balaban J connectivity index is 1.57. The fourth-order valence-corrected chi connectivity index (χ4v) is 4.63. The lowest BCUT2D eigenvalue weighted by atomic mass is 9.94. The summed E-state index contributed by atoms with van der Waals surface area (Å²) in [6, 6.07) is 10.5. The maximum atomic E-state index is 12.7. The van der Waals surface area contributed by atoms with Gasteiger partial charge in [0, 0.05) is 16.8 Å². The molecule has 152 valence electrons. The van der Waals surface area contributed by atoms with Gasteiger partial charge >= 0.3 is 6.18 Å². The molecule has 1 aliphatic carbocycles. The van der Waals surface area contributed by atoms with E-state index in [1.54, 1.807) is 6.07 Å². The van der Waals surface area contributed by atoms with Crippen molar-refractivity contribution in [3.05, 3.63) is 64.8 Å². The number of amides is 1. The van der Waals surface area contributed by atoms with E-state index in [1.165, 1.54) is 17.4 Å². The summed E-state index contributed by atoms with van der Waals surface area (Å²) in [5.41, 5.74) is -0.610. The van der Waals surface area contributed by atoms with Gasteiger partial charge in [0.2, 0.25) is 0 Å². The number of nitrogens with one attached hydrogen (secondary N) is 1. The van der Waals surface area contributed by atoms with Crippen LogP contribution in [0.15, 0.2) is 48.7 Å². The molecule has 2 aromatic heterocycles. The number of aliphatic hydroxyl groups excluding tert-OH is 2. The van der Waals surface area contributed by atoms with Gasteiger partial charge in [-0.1, -0.05) is 24.3 Å². The molecule has 5 nitrogen and oxygen atoms in total. The van der Waals surface area contributed by atoms with Crippen molar-refractivity contribution in [2.75, 3.05) is 0 Å². The Labute approximate surface area is 167 Å². The minimum atomic E-state index is -4.55. The number of carbonyl (C=O) groups excluding carboxylic acids is 1. The van der Waals surface area contributed by atoms with Gasteiger partial charge in [0.1, 0.15) is 11.8 Å².